The topological polar surface area (TPSA) is 54.2 Å². The normalized spacial score (nSPS) is 17.1. The molecule has 6 heteroatoms. The largest absolute Gasteiger partial charge is 0.430 e. The molecule has 1 aliphatic rings. The summed E-state index contributed by atoms with van der Waals surface area (Å²) in [6.07, 6.45) is 2.90. The van der Waals surface area contributed by atoms with Crippen molar-refractivity contribution in [1.82, 2.24) is 20.2 Å². The van der Waals surface area contributed by atoms with Crippen LogP contribution in [0.3, 0.4) is 0 Å². The van der Waals surface area contributed by atoms with E-state index in [0.29, 0.717) is 5.65 Å². The highest BCUT2D eigenvalue weighted by molar-refractivity contribution is 7.99. The van der Waals surface area contributed by atoms with E-state index >= 15 is 0 Å². The maximum Gasteiger partial charge on any atom is 0.258 e. The zero-order chi connectivity index (χ0) is 12.9. The first kappa shape index (κ1) is 12.9. The van der Waals surface area contributed by atoms with Crippen molar-refractivity contribution in [2.24, 2.45) is 0 Å². The number of thioether (sulfide) groups is 1. The Hall–Kier alpha value is -1.11. The Morgan fingerprint density at radius 1 is 1.37 bits per heavy atom. The van der Waals surface area contributed by atoms with Crippen LogP contribution in [0.15, 0.2) is 28.0 Å². The molecule has 1 aliphatic heterocycles. The Morgan fingerprint density at radius 2 is 2.26 bits per heavy atom. The van der Waals surface area contributed by atoms with Crippen LogP contribution in [-0.4, -0.2) is 53.3 Å². The zero-order valence-electron chi connectivity index (χ0n) is 10.8. The minimum Gasteiger partial charge on any atom is -0.430 e. The Morgan fingerprint density at radius 3 is 3.11 bits per heavy atom. The summed E-state index contributed by atoms with van der Waals surface area (Å²) in [6.45, 7) is 5.72. The second-order valence-electron chi connectivity index (χ2n) is 4.60. The number of pyridine rings is 1. The van der Waals surface area contributed by atoms with Crippen molar-refractivity contribution in [2.75, 3.05) is 38.5 Å². The van der Waals surface area contributed by atoms with E-state index in [4.69, 9.17) is 4.42 Å². The molecule has 0 aromatic carbocycles. The smallest absolute Gasteiger partial charge is 0.258 e. The van der Waals surface area contributed by atoms with E-state index < -0.39 is 0 Å². The van der Waals surface area contributed by atoms with Gasteiger partial charge in [0.2, 0.25) is 0 Å². The van der Waals surface area contributed by atoms with Crippen LogP contribution >= 0.6 is 11.8 Å². The number of nitrogens with one attached hydrogen (secondary N) is 1. The molecule has 0 amide bonds. The van der Waals surface area contributed by atoms with Crippen molar-refractivity contribution in [3.63, 3.8) is 0 Å². The zero-order valence-corrected chi connectivity index (χ0v) is 11.7. The molecule has 5 nitrogen and oxygen atoms in total. The van der Waals surface area contributed by atoms with E-state index in [2.05, 4.69) is 20.2 Å². The lowest BCUT2D eigenvalue weighted by atomic mass is 10.3. The van der Waals surface area contributed by atoms with Gasteiger partial charge in [0.15, 0.2) is 11.2 Å². The van der Waals surface area contributed by atoms with E-state index in [-0.39, 0.29) is 0 Å². The minimum atomic E-state index is 0.701. The molecular formula is C13H18N4OS. The Kier molecular flexibility index (Phi) is 4.32. The molecule has 0 saturated carbocycles. The molecule has 0 atom stereocenters. The summed E-state index contributed by atoms with van der Waals surface area (Å²) in [6, 6.07) is 3.77. The molecule has 1 saturated heterocycles. The van der Waals surface area contributed by atoms with E-state index in [1.165, 1.54) is 0 Å². The van der Waals surface area contributed by atoms with Crippen molar-refractivity contribution in [1.29, 1.82) is 0 Å². The van der Waals surface area contributed by atoms with E-state index in [0.717, 1.165) is 55.7 Å². The molecular weight excluding hydrogens is 260 g/mol. The lowest BCUT2D eigenvalue weighted by Crippen LogP contribution is -2.43. The molecule has 3 rings (SSSR count). The molecule has 0 radical (unpaired) electrons. The molecule has 0 aliphatic carbocycles. The number of nitrogens with zero attached hydrogens (tertiary/aromatic N) is 3. The Bertz CT molecular complexity index is 491. The van der Waals surface area contributed by atoms with Crippen molar-refractivity contribution in [3.8, 4) is 0 Å². The summed E-state index contributed by atoms with van der Waals surface area (Å²) in [7, 11) is 0. The van der Waals surface area contributed by atoms with Gasteiger partial charge in [-0.1, -0.05) is 11.8 Å². The van der Waals surface area contributed by atoms with E-state index in [1.54, 1.807) is 18.0 Å². The molecule has 2 aromatic rings. The number of piperazine rings is 1. The van der Waals surface area contributed by atoms with Gasteiger partial charge in [0, 0.05) is 38.1 Å². The second kappa shape index (κ2) is 6.36. The monoisotopic (exact) mass is 278 g/mol. The van der Waals surface area contributed by atoms with Crippen LogP contribution in [0.2, 0.25) is 0 Å². The van der Waals surface area contributed by atoms with Crippen molar-refractivity contribution >= 4 is 23.0 Å². The van der Waals surface area contributed by atoms with Gasteiger partial charge in [-0.25, -0.2) is 4.98 Å². The Balaban J connectivity index is 1.44. The summed E-state index contributed by atoms with van der Waals surface area (Å²) >= 11 is 1.67. The maximum atomic E-state index is 5.63. The third-order valence-corrected chi connectivity index (χ3v) is 4.11. The Labute approximate surface area is 116 Å². The lowest BCUT2D eigenvalue weighted by Gasteiger charge is -2.26. The van der Waals surface area contributed by atoms with Crippen LogP contribution in [-0.2, 0) is 0 Å². The van der Waals surface area contributed by atoms with Gasteiger partial charge in [-0.3, -0.25) is 0 Å². The van der Waals surface area contributed by atoms with Crippen LogP contribution in [0.1, 0.15) is 6.42 Å². The van der Waals surface area contributed by atoms with Crippen molar-refractivity contribution in [3.05, 3.63) is 18.3 Å². The first-order valence-electron chi connectivity index (χ1n) is 6.69. The highest BCUT2D eigenvalue weighted by Crippen LogP contribution is 2.22. The maximum absolute atomic E-state index is 5.63. The average Bonchev–Trinajstić information content (AvgIpc) is 2.87. The van der Waals surface area contributed by atoms with Crippen LogP contribution in [0.4, 0.5) is 0 Å². The molecule has 1 fully saturated rings. The summed E-state index contributed by atoms with van der Waals surface area (Å²) in [5.41, 5.74) is 1.47. The molecule has 19 heavy (non-hydrogen) atoms. The summed E-state index contributed by atoms with van der Waals surface area (Å²) in [5, 5.41) is 4.10. The predicted octanol–water partition coefficient (Wildman–Crippen LogP) is 1.61. The molecule has 1 N–H and O–H groups in total. The summed E-state index contributed by atoms with van der Waals surface area (Å²) < 4.78 is 5.63. The number of fused-ring (bicyclic) bond motifs is 1. The van der Waals surface area contributed by atoms with Crippen LogP contribution in [0.5, 0.6) is 0 Å². The van der Waals surface area contributed by atoms with Gasteiger partial charge in [-0.15, -0.1) is 0 Å². The van der Waals surface area contributed by atoms with E-state index in [1.807, 2.05) is 12.1 Å². The third-order valence-electron chi connectivity index (χ3n) is 3.20. The summed E-state index contributed by atoms with van der Waals surface area (Å²) in [5.74, 6) is 1.04. The van der Waals surface area contributed by atoms with Gasteiger partial charge in [-0.2, -0.15) is 4.98 Å². The number of hydrogen-bond donors (Lipinski definition) is 1. The number of oxazole rings is 1. The summed E-state index contributed by atoms with van der Waals surface area (Å²) in [4.78, 5) is 11.0. The van der Waals surface area contributed by atoms with Crippen LogP contribution in [0.25, 0.3) is 11.2 Å². The second-order valence-corrected chi connectivity index (χ2v) is 5.64. The molecule has 0 spiro atoms. The number of aromatic nitrogens is 2. The first-order valence-corrected chi connectivity index (χ1v) is 7.68. The predicted molar refractivity (Wildman–Crippen MR) is 76.5 cm³/mol. The van der Waals surface area contributed by atoms with Crippen LogP contribution < -0.4 is 5.32 Å². The number of hydrogen-bond acceptors (Lipinski definition) is 6. The highest BCUT2D eigenvalue weighted by Gasteiger charge is 2.10. The fraction of sp³-hybridized carbons (Fsp3) is 0.538. The number of rotatable bonds is 5. The van der Waals surface area contributed by atoms with Gasteiger partial charge >= 0.3 is 0 Å². The minimum absolute atomic E-state index is 0.701. The van der Waals surface area contributed by atoms with Gasteiger partial charge in [0.25, 0.3) is 5.22 Å². The molecule has 2 aromatic heterocycles. The third kappa shape index (κ3) is 3.46. The van der Waals surface area contributed by atoms with E-state index in [9.17, 15) is 0 Å². The van der Waals surface area contributed by atoms with Gasteiger partial charge in [-0.05, 0) is 25.1 Å². The fourth-order valence-corrected chi connectivity index (χ4v) is 2.94. The fourth-order valence-electron chi connectivity index (χ4n) is 2.19. The molecule has 3 heterocycles. The quantitative estimate of drug-likeness (QED) is 0.662. The van der Waals surface area contributed by atoms with Gasteiger partial charge < -0.3 is 14.6 Å². The standard InChI is InChI=1S/C13H18N4OS/c1-3-11-12(15-4-1)16-13(18-11)19-10-2-7-17-8-5-14-6-9-17/h1,3-4,14H,2,5-10H2. The average molecular weight is 278 g/mol. The first-order chi connectivity index (χ1) is 9.42. The molecule has 0 bridgehead atoms. The molecule has 102 valence electrons. The van der Waals surface area contributed by atoms with Crippen molar-refractivity contribution in [2.45, 2.75) is 11.6 Å². The molecule has 0 unspecified atom stereocenters. The van der Waals surface area contributed by atoms with Crippen molar-refractivity contribution < 1.29 is 4.42 Å². The SMILES string of the molecule is c1cnc2nc(SCCCN3CCNCC3)oc2c1. The highest BCUT2D eigenvalue weighted by atomic mass is 32.2. The lowest BCUT2D eigenvalue weighted by molar-refractivity contribution is 0.242. The van der Waals surface area contributed by atoms with Gasteiger partial charge in [0.1, 0.15) is 0 Å². The van der Waals surface area contributed by atoms with Gasteiger partial charge in [0.05, 0.1) is 0 Å². The van der Waals surface area contributed by atoms with Crippen LogP contribution in [0, 0.1) is 0 Å².